The predicted molar refractivity (Wildman–Crippen MR) is 153 cm³/mol. The third-order valence-electron chi connectivity index (χ3n) is 6.83. The number of aromatic nitrogens is 4. The number of ether oxygens (including phenoxy) is 1. The molecule has 0 fully saturated rings. The topological polar surface area (TPSA) is 109 Å². The van der Waals surface area contributed by atoms with Gasteiger partial charge in [-0.3, -0.25) is 4.79 Å². The van der Waals surface area contributed by atoms with Crippen LogP contribution in [-0.4, -0.2) is 25.9 Å². The number of hydrogen-bond acceptors (Lipinski definition) is 7. The maximum absolute atomic E-state index is 15.0. The van der Waals surface area contributed by atoms with Crippen LogP contribution in [0.4, 0.5) is 19.0 Å². The van der Waals surface area contributed by atoms with Gasteiger partial charge in [0.15, 0.2) is 17.2 Å². The molecule has 3 aromatic heterocycles. The van der Waals surface area contributed by atoms with Crippen molar-refractivity contribution in [2.24, 2.45) is 0 Å². The van der Waals surface area contributed by atoms with Gasteiger partial charge in [-0.25, -0.2) is 27.8 Å². The van der Waals surface area contributed by atoms with Gasteiger partial charge in [0.25, 0.3) is 0 Å². The van der Waals surface area contributed by atoms with Gasteiger partial charge < -0.3 is 14.9 Å². The number of benzene rings is 3. The summed E-state index contributed by atoms with van der Waals surface area (Å²) in [4.78, 5) is 22.3. The van der Waals surface area contributed by atoms with E-state index in [0.29, 0.717) is 22.3 Å². The van der Waals surface area contributed by atoms with Gasteiger partial charge in [-0.05, 0) is 74.9 Å². The van der Waals surface area contributed by atoms with E-state index >= 15 is 0 Å². The highest BCUT2D eigenvalue weighted by Gasteiger charge is 2.27. The summed E-state index contributed by atoms with van der Waals surface area (Å²) in [5.74, 6) is -1.45. The van der Waals surface area contributed by atoms with Crippen molar-refractivity contribution in [2.45, 2.75) is 32.9 Å². The molecule has 0 aliphatic rings. The number of rotatable bonds is 6. The molecule has 11 heteroatoms. The lowest BCUT2D eigenvalue weighted by molar-refractivity contribution is 0.231. The van der Waals surface area contributed by atoms with Crippen molar-refractivity contribution in [3.05, 3.63) is 100 Å². The molecule has 0 unspecified atom stereocenters. The fourth-order valence-electron chi connectivity index (χ4n) is 4.97. The number of nitrogen functional groups attached to an aromatic ring is 1. The van der Waals surface area contributed by atoms with Crippen LogP contribution >= 0.6 is 0 Å². The summed E-state index contributed by atoms with van der Waals surface area (Å²) in [5, 5.41) is 5.10. The van der Waals surface area contributed by atoms with Crippen molar-refractivity contribution < 1.29 is 22.3 Å². The van der Waals surface area contributed by atoms with Crippen LogP contribution in [0.2, 0.25) is 0 Å². The van der Waals surface area contributed by atoms with Crippen molar-refractivity contribution in [3.63, 3.8) is 0 Å². The first-order valence-corrected chi connectivity index (χ1v) is 13.1. The Morgan fingerprint density at radius 1 is 0.929 bits per heavy atom. The van der Waals surface area contributed by atoms with Crippen molar-refractivity contribution in [1.82, 2.24) is 19.7 Å². The zero-order valence-corrected chi connectivity index (χ0v) is 22.7. The average Bonchev–Trinajstić information content (AvgIpc) is 3.35. The smallest absolute Gasteiger partial charge is 0.200 e. The largest absolute Gasteiger partial charge is 0.488 e. The number of nitrogens with zero attached hydrogens (tertiary/aromatic N) is 4. The van der Waals surface area contributed by atoms with E-state index in [0.717, 1.165) is 6.07 Å². The first kappa shape index (κ1) is 27.0. The Bertz CT molecular complexity index is 2050. The second kappa shape index (κ2) is 10.3. The van der Waals surface area contributed by atoms with E-state index < -0.39 is 28.9 Å². The van der Waals surface area contributed by atoms with Gasteiger partial charge in [0, 0.05) is 5.56 Å². The lowest BCUT2D eigenvalue weighted by Crippen LogP contribution is -2.16. The summed E-state index contributed by atoms with van der Waals surface area (Å²) in [5.41, 5.74) is 7.10. The Labute approximate surface area is 237 Å². The molecule has 3 heterocycles. The Kier molecular flexibility index (Phi) is 6.64. The van der Waals surface area contributed by atoms with E-state index in [-0.39, 0.29) is 45.5 Å². The highest BCUT2D eigenvalue weighted by atomic mass is 19.1. The minimum Gasteiger partial charge on any atom is -0.488 e. The summed E-state index contributed by atoms with van der Waals surface area (Å²) < 4.78 is 56.6. The molecular formula is C31H24F3N5O3. The van der Waals surface area contributed by atoms with Gasteiger partial charge in [-0.15, -0.1) is 0 Å². The second-order valence-corrected chi connectivity index (χ2v) is 10.1. The molecule has 1 atom stereocenters. The van der Waals surface area contributed by atoms with Crippen LogP contribution in [0.25, 0.3) is 44.4 Å². The molecule has 6 rings (SSSR count). The third-order valence-corrected chi connectivity index (χ3v) is 6.83. The first-order chi connectivity index (χ1) is 20.1. The van der Waals surface area contributed by atoms with Crippen molar-refractivity contribution in [2.75, 3.05) is 5.73 Å². The zero-order chi connectivity index (χ0) is 29.7. The number of hydrogen-bond donors (Lipinski definition) is 1. The standard InChI is InChI=1S/C31H24F3N5O3/c1-15(2)41-24-9-7-18(12-22(24)34)27-26-30(35)36-14-37-31(26)39(38-27)16(3)29-25(17-5-4-6-19(32)11-17)28(40)21-13-20(33)8-10-23(21)42-29/h4-16H,1-3H3,(H2,35,36,37)/t16-/m1/s1. The highest BCUT2D eigenvalue weighted by molar-refractivity contribution is 5.98. The van der Waals surface area contributed by atoms with Crippen LogP contribution in [0.1, 0.15) is 32.6 Å². The summed E-state index contributed by atoms with van der Waals surface area (Å²) >= 11 is 0. The lowest BCUT2D eigenvalue weighted by Gasteiger charge is -2.17. The minimum absolute atomic E-state index is 0.00183. The Morgan fingerprint density at radius 2 is 1.71 bits per heavy atom. The zero-order valence-electron chi connectivity index (χ0n) is 22.7. The fraction of sp³-hybridized carbons (Fsp3) is 0.161. The van der Waals surface area contributed by atoms with Crippen LogP contribution in [-0.2, 0) is 0 Å². The molecule has 8 nitrogen and oxygen atoms in total. The molecular weight excluding hydrogens is 547 g/mol. The van der Waals surface area contributed by atoms with Gasteiger partial charge in [-0.2, -0.15) is 5.10 Å². The SMILES string of the molecule is CC(C)Oc1ccc(-c2nn([C@H](C)c3oc4ccc(F)cc4c(=O)c3-c3cccc(F)c3)c3ncnc(N)c23)cc1F. The number of fused-ring (bicyclic) bond motifs is 2. The molecule has 6 aromatic rings. The third kappa shape index (κ3) is 4.62. The molecule has 0 radical (unpaired) electrons. The number of nitrogens with two attached hydrogens (primary N) is 1. The van der Waals surface area contributed by atoms with E-state index in [1.165, 1.54) is 53.5 Å². The fourth-order valence-corrected chi connectivity index (χ4v) is 4.97. The molecule has 0 saturated carbocycles. The van der Waals surface area contributed by atoms with Gasteiger partial charge in [0.1, 0.15) is 46.9 Å². The summed E-state index contributed by atoms with van der Waals surface area (Å²) in [6.45, 7) is 5.30. The normalized spacial score (nSPS) is 12.4. The van der Waals surface area contributed by atoms with Crippen LogP contribution in [0, 0.1) is 17.5 Å². The van der Waals surface area contributed by atoms with E-state index in [4.69, 9.17) is 20.0 Å². The lowest BCUT2D eigenvalue weighted by atomic mass is 9.99. The number of anilines is 1. The molecule has 3 aromatic carbocycles. The molecule has 0 spiro atoms. The number of halogens is 3. The Morgan fingerprint density at radius 3 is 2.45 bits per heavy atom. The molecule has 0 aliphatic carbocycles. The Hall–Kier alpha value is -5.19. The maximum Gasteiger partial charge on any atom is 0.200 e. The van der Waals surface area contributed by atoms with Crippen LogP contribution in [0.15, 0.2) is 76.2 Å². The van der Waals surface area contributed by atoms with E-state index in [1.807, 2.05) is 0 Å². The quantitative estimate of drug-likeness (QED) is 0.238. The van der Waals surface area contributed by atoms with Gasteiger partial charge in [0.2, 0.25) is 5.43 Å². The first-order valence-electron chi connectivity index (χ1n) is 13.1. The monoisotopic (exact) mass is 571 g/mol. The molecule has 0 amide bonds. The molecule has 212 valence electrons. The van der Waals surface area contributed by atoms with Crippen molar-refractivity contribution >= 4 is 27.8 Å². The molecule has 2 N–H and O–H groups in total. The van der Waals surface area contributed by atoms with Crippen molar-refractivity contribution in [1.29, 1.82) is 0 Å². The van der Waals surface area contributed by atoms with Crippen molar-refractivity contribution in [3.8, 4) is 28.1 Å². The molecule has 0 bridgehead atoms. The minimum atomic E-state index is -0.815. The van der Waals surface area contributed by atoms with Gasteiger partial charge >= 0.3 is 0 Å². The molecule has 0 aliphatic heterocycles. The van der Waals surface area contributed by atoms with Crippen LogP contribution < -0.4 is 15.9 Å². The van der Waals surface area contributed by atoms with E-state index in [2.05, 4.69) is 9.97 Å². The highest BCUT2D eigenvalue weighted by Crippen LogP contribution is 2.37. The van der Waals surface area contributed by atoms with Gasteiger partial charge in [-0.1, -0.05) is 12.1 Å². The summed E-state index contributed by atoms with van der Waals surface area (Å²) in [7, 11) is 0. The summed E-state index contributed by atoms with van der Waals surface area (Å²) in [6.07, 6.45) is 1.04. The Balaban J connectivity index is 1.59. The predicted octanol–water partition coefficient (Wildman–Crippen LogP) is 6.66. The molecule has 42 heavy (non-hydrogen) atoms. The van der Waals surface area contributed by atoms with E-state index in [1.54, 1.807) is 32.9 Å². The van der Waals surface area contributed by atoms with E-state index in [9.17, 15) is 18.0 Å². The van der Waals surface area contributed by atoms with Crippen LogP contribution in [0.5, 0.6) is 5.75 Å². The maximum atomic E-state index is 15.0. The van der Waals surface area contributed by atoms with Gasteiger partial charge in [0.05, 0.1) is 22.4 Å². The average molecular weight is 572 g/mol. The molecule has 0 saturated heterocycles. The summed E-state index contributed by atoms with van der Waals surface area (Å²) in [6, 6.07) is 12.7. The van der Waals surface area contributed by atoms with Crippen LogP contribution in [0.3, 0.4) is 0 Å². The second-order valence-electron chi connectivity index (χ2n) is 10.1.